The number of nitrogens with two attached hydrogens (primary N) is 1. The first kappa shape index (κ1) is 31.8. The standard InChI is InChI=1S/C9H10N6O6.C7H8O3S.C3H8O/c1-21-8-5(4-11-12-9(10)13-16)2-6(14(17)18)3-7(8)15(19)20;1-6-2-4-7(5-3-6)11(8,9)10;1-2-3-4/h2-4,16H,1H3,(H3,10,12,13);2-5H,1H3,(H,8,9,10);4H,2-3H2,1H3. The van der Waals surface area contributed by atoms with E-state index in [9.17, 15) is 28.6 Å². The Balaban J connectivity index is 0.000000677. The number of hydroxylamine groups is 1. The first-order valence-electron chi connectivity index (χ1n) is 9.74. The summed E-state index contributed by atoms with van der Waals surface area (Å²) in [5, 5.41) is 44.6. The van der Waals surface area contributed by atoms with E-state index in [4.69, 9.17) is 25.3 Å². The van der Waals surface area contributed by atoms with Gasteiger partial charge in [0.05, 0.1) is 39.7 Å². The Hall–Kier alpha value is -4.19. The zero-order valence-electron chi connectivity index (χ0n) is 19.4. The molecule has 0 heterocycles. The second-order valence-electron chi connectivity index (χ2n) is 6.45. The van der Waals surface area contributed by atoms with E-state index in [1.54, 1.807) is 12.1 Å². The molecule has 0 unspecified atom stereocenters. The zero-order chi connectivity index (χ0) is 27.9. The Morgan fingerprint density at radius 2 is 1.75 bits per heavy atom. The van der Waals surface area contributed by atoms with Crippen molar-refractivity contribution in [3.8, 4) is 5.75 Å². The number of aryl methyl sites for hydroxylation is 1. The number of methoxy groups -OCH3 is 1. The topological polar surface area (TPSA) is 253 Å². The fraction of sp³-hybridized carbons (Fsp3) is 0.263. The predicted octanol–water partition coefficient (Wildman–Crippen LogP) is 1.77. The third kappa shape index (κ3) is 11.3. The summed E-state index contributed by atoms with van der Waals surface area (Å²) in [5.74, 6) is -0.662. The Bertz CT molecular complexity index is 1180. The smallest absolute Gasteiger partial charge is 0.318 e. The Labute approximate surface area is 205 Å². The van der Waals surface area contributed by atoms with Crippen molar-refractivity contribution in [1.29, 1.82) is 0 Å². The molecule has 2 rings (SSSR count). The summed E-state index contributed by atoms with van der Waals surface area (Å²) in [5.41, 5.74) is 6.40. The van der Waals surface area contributed by atoms with Crippen LogP contribution in [0, 0.1) is 27.2 Å². The van der Waals surface area contributed by atoms with Gasteiger partial charge >= 0.3 is 5.69 Å². The van der Waals surface area contributed by atoms with Crippen molar-refractivity contribution in [3.05, 3.63) is 67.8 Å². The molecule has 0 fully saturated rings. The number of hydrogen-bond donors (Lipinski definition) is 5. The van der Waals surface area contributed by atoms with Crippen LogP contribution in [0.1, 0.15) is 24.5 Å². The molecule has 6 N–H and O–H groups in total. The first-order valence-corrected chi connectivity index (χ1v) is 11.2. The monoisotopic (exact) mass is 530 g/mol. The molecule has 198 valence electrons. The number of rotatable bonds is 7. The van der Waals surface area contributed by atoms with Crippen LogP contribution in [0.25, 0.3) is 0 Å². The Morgan fingerprint density at radius 3 is 2.14 bits per heavy atom. The number of benzene rings is 2. The molecule has 17 heteroatoms. The van der Waals surface area contributed by atoms with Gasteiger partial charge < -0.3 is 15.6 Å². The van der Waals surface area contributed by atoms with Gasteiger partial charge in [-0.2, -0.15) is 13.5 Å². The average molecular weight is 531 g/mol. The molecular weight excluding hydrogens is 504 g/mol. The molecule has 0 aliphatic carbocycles. The van der Waals surface area contributed by atoms with E-state index in [1.165, 1.54) is 24.7 Å². The van der Waals surface area contributed by atoms with E-state index in [2.05, 4.69) is 10.2 Å². The maximum atomic E-state index is 10.9. The molecule has 0 aliphatic heterocycles. The van der Waals surface area contributed by atoms with E-state index >= 15 is 0 Å². The highest BCUT2D eigenvalue weighted by Crippen LogP contribution is 2.34. The number of nitrogens with one attached hydrogen (secondary N) is 1. The van der Waals surface area contributed by atoms with Gasteiger partial charge in [0, 0.05) is 12.7 Å². The summed E-state index contributed by atoms with van der Waals surface area (Å²) in [4.78, 5) is 20.0. The maximum absolute atomic E-state index is 10.9. The Kier molecular flexibility index (Phi) is 13.8. The van der Waals surface area contributed by atoms with Crippen molar-refractivity contribution in [2.75, 3.05) is 13.7 Å². The quantitative estimate of drug-likeness (QED) is 0.113. The minimum atomic E-state index is -4.02. The van der Waals surface area contributed by atoms with Crippen molar-refractivity contribution in [1.82, 2.24) is 5.48 Å². The van der Waals surface area contributed by atoms with E-state index < -0.39 is 37.3 Å². The summed E-state index contributed by atoms with van der Waals surface area (Å²) in [7, 11) is -2.85. The number of guanidine groups is 1. The highest BCUT2D eigenvalue weighted by Gasteiger charge is 2.24. The number of nitro groups is 2. The van der Waals surface area contributed by atoms with Gasteiger partial charge in [-0.3, -0.25) is 30.0 Å². The predicted molar refractivity (Wildman–Crippen MR) is 129 cm³/mol. The van der Waals surface area contributed by atoms with Crippen LogP contribution in [0.15, 0.2) is 51.5 Å². The van der Waals surface area contributed by atoms with Gasteiger partial charge in [0.1, 0.15) is 0 Å². The second-order valence-corrected chi connectivity index (χ2v) is 7.88. The van der Waals surface area contributed by atoms with Crippen LogP contribution in [-0.2, 0) is 10.1 Å². The number of aliphatic hydroxyl groups excluding tert-OH is 1. The van der Waals surface area contributed by atoms with Crippen LogP contribution in [0.5, 0.6) is 5.75 Å². The Morgan fingerprint density at radius 1 is 1.19 bits per heavy atom. The normalized spacial score (nSPS) is 11.0. The molecule has 0 bridgehead atoms. The largest absolute Gasteiger partial charge is 0.490 e. The molecule has 2 aromatic rings. The summed E-state index contributed by atoms with van der Waals surface area (Å²) < 4.78 is 34.4. The lowest BCUT2D eigenvalue weighted by atomic mass is 10.1. The second kappa shape index (κ2) is 15.7. The first-order chi connectivity index (χ1) is 16.8. The molecule has 16 nitrogen and oxygen atoms in total. The van der Waals surface area contributed by atoms with E-state index in [0.717, 1.165) is 30.3 Å². The molecule has 0 saturated carbocycles. The van der Waals surface area contributed by atoms with Crippen molar-refractivity contribution >= 4 is 33.7 Å². The molecule has 2 aromatic carbocycles. The third-order valence-electron chi connectivity index (χ3n) is 3.71. The number of ether oxygens (including phenoxy) is 1. The van der Waals surface area contributed by atoms with Gasteiger partial charge in [0.15, 0.2) is 0 Å². The van der Waals surface area contributed by atoms with Crippen LogP contribution in [0.4, 0.5) is 11.4 Å². The lowest BCUT2D eigenvalue weighted by Gasteiger charge is -2.05. The molecule has 0 amide bonds. The number of non-ortho nitro benzene ring substituents is 1. The van der Waals surface area contributed by atoms with Gasteiger partial charge in [0.2, 0.25) is 11.7 Å². The van der Waals surface area contributed by atoms with Crippen molar-refractivity contribution in [2.45, 2.75) is 25.2 Å². The van der Waals surface area contributed by atoms with Crippen LogP contribution in [0.3, 0.4) is 0 Å². The molecule has 0 aromatic heterocycles. The molecule has 0 atom stereocenters. The number of nitrogens with zero attached hydrogens (tertiary/aromatic N) is 4. The molecule has 0 aliphatic rings. The number of hydrogen-bond acceptors (Lipinski definition) is 11. The summed E-state index contributed by atoms with van der Waals surface area (Å²) >= 11 is 0. The van der Waals surface area contributed by atoms with Crippen LogP contribution in [-0.4, -0.2) is 59.0 Å². The highest BCUT2D eigenvalue weighted by molar-refractivity contribution is 7.85. The number of nitro benzene ring substituents is 2. The fourth-order valence-electron chi connectivity index (χ4n) is 2.07. The minimum Gasteiger partial charge on any atom is -0.490 e. The molecule has 36 heavy (non-hydrogen) atoms. The minimum absolute atomic E-state index is 0.0483. The van der Waals surface area contributed by atoms with Crippen LogP contribution < -0.4 is 16.0 Å². The molecule has 0 saturated heterocycles. The van der Waals surface area contributed by atoms with E-state index in [0.29, 0.717) is 6.61 Å². The average Bonchev–Trinajstić information content (AvgIpc) is 2.83. The summed E-state index contributed by atoms with van der Waals surface area (Å²) in [6.07, 6.45) is 1.84. The molecule has 0 radical (unpaired) electrons. The van der Waals surface area contributed by atoms with Crippen molar-refractivity contribution in [2.24, 2.45) is 15.9 Å². The van der Waals surface area contributed by atoms with Gasteiger partial charge in [-0.25, -0.2) is 5.48 Å². The maximum Gasteiger partial charge on any atom is 0.318 e. The van der Waals surface area contributed by atoms with Crippen LogP contribution >= 0.6 is 0 Å². The molecule has 0 spiro atoms. The third-order valence-corrected chi connectivity index (χ3v) is 4.58. The van der Waals surface area contributed by atoms with E-state index in [-0.39, 0.29) is 16.2 Å². The zero-order valence-corrected chi connectivity index (χ0v) is 20.2. The highest BCUT2D eigenvalue weighted by atomic mass is 32.2. The van der Waals surface area contributed by atoms with Gasteiger partial charge in [-0.05, 0) is 25.5 Å². The molecular formula is C19H26N6O10S. The number of aliphatic hydroxyl groups is 1. The fourth-order valence-corrected chi connectivity index (χ4v) is 2.55. The lowest BCUT2D eigenvalue weighted by molar-refractivity contribution is -0.394. The lowest BCUT2D eigenvalue weighted by Crippen LogP contribution is -2.27. The van der Waals surface area contributed by atoms with E-state index in [1.807, 2.05) is 13.8 Å². The van der Waals surface area contributed by atoms with Gasteiger partial charge in [0.25, 0.3) is 15.8 Å². The van der Waals surface area contributed by atoms with Crippen molar-refractivity contribution < 1.29 is 37.9 Å². The summed E-state index contributed by atoms with van der Waals surface area (Å²) in [6, 6.07) is 7.78. The van der Waals surface area contributed by atoms with Gasteiger partial charge in [-0.1, -0.05) is 24.6 Å². The summed E-state index contributed by atoms with van der Waals surface area (Å²) in [6.45, 7) is 4.09. The van der Waals surface area contributed by atoms with Crippen LogP contribution in [0.2, 0.25) is 0 Å². The van der Waals surface area contributed by atoms with Crippen molar-refractivity contribution in [3.63, 3.8) is 0 Å². The van der Waals surface area contributed by atoms with Gasteiger partial charge in [-0.15, -0.1) is 5.10 Å². The SMILES string of the molecule is CCCO.COc1c(C=NN=C(N)NO)cc([N+](=O)[O-])cc1[N+](=O)[O-].Cc1ccc(S(=O)(=O)O)cc1.